The molecule has 0 aliphatic heterocycles. The molecule has 0 amide bonds. The Kier molecular flexibility index (Phi) is 6.16. The van der Waals surface area contributed by atoms with Gasteiger partial charge < -0.3 is 10.4 Å². The standard InChI is InChI=1S/C14H22FNO/c1-3-11(4-2)9-16-10-14(17)12-6-5-7-13(15)8-12/h5-8,11,14,16-17H,3-4,9-10H2,1-2H3. The fourth-order valence-corrected chi connectivity index (χ4v) is 1.83. The van der Waals surface area contributed by atoms with Crippen LogP contribution in [0.3, 0.4) is 0 Å². The Balaban J connectivity index is 2.37. The van der Waals surface area contributed by atoms with E-state index in [2.05, 4.69) is 19.2 Å². The molecule has 1 unspecified atom stereocenters. The van der Waals surface area contributed by atoms with Crippen LogP contribution in [0.15, 0.2) is 24.3 Å². The molecule has 0 saturated carbocycles. The summed E-state index contributed by atoms with van der Waals surface area (Å²) in [5, 5.41) is 13.1. The highest BCUT2D eigenvalue weighted by Gasteiger charge is 2.09. The Labute approximate surface area is 103 Å². The lowest BCUT2D eigenvalue weighted by Gasteiger charge is -2.16. The molecule has 1 atom stereocenters. The van der Waals surface area contributed by atoms with E-state index in [1.165, 1.54) is 12.1 Å². The zero-order chi connectivity index (χ0) is 12.7. The van der Waals surface area contributed by atoms with E-state index in [0.717, 1.165) is 19.4 Å². The molecule has 0 spiro atoms. The lowest BCUT2D eigenvalue weighted by atomic mass is 10.0. The van der Waals surface area contributed by atoms with E-state index in [-0.39, 0.29) is 5.82 Å². The largest absolute Gasteiger partial charge is 0.387 e. The molecule has 0 radical (unpaired) electrons. The van der Waals surface area contributed by atoms with Gasteiger partial charge in [0.2, 0.25) is 0 Å². The van der Waals surface area contributed by atoms with Gasteiger partial charge in [0.1, 0.15) is 5.82 Å². The summed E-state index contributed by atoms with van der Waals surface area (Å²) in [4.78, 5) is 0. The van der Waals surface area contributed by atoms with Crippen LogP contribution in [0.5, 0.6) is 0 Å². The molecule has 0 bridgehead atoms. The quantitative estimate of drug-likeness (QED) is 0.767. The molecule has 17 heavy (non-hydrogen) atoms. The van der Waals surface area contributed by atoms with E-state index in [1.807, 2.05) is 0 Å². The van der Waals surface area contributed by atoms with Crippen molar-refractivity contribution in [2.75, 3.05) is 13.1 Å². The van der Waals surface area contributed by atoms with Gasteiger partial charge in [-0.15, -0.1) is 0 Å². The van der Waals surface area contributed by atoms with Gasteiger partial charge in [0.15, 0.2) is 0 Å². The fraction of sp³-hybridized carbons (Fsp3) is 0.571. The minimum absolute atomic E-state index is 0.304. The fourth-order valence-electron chi connectivity index (χ4n) is 1.83. The molecule has 3 heteroatoms. The van der Waals surface area contributed by atoms with Crippen molar-refractivity contribution in [1.29, 1.82) is 0 Å². The molecule has 0 heterocycles. The minimum atomic E-state index is -0.639. The van der Waals surface area contributed by atoms with E-state index in [1.54, 1.807) is 12.1 Å². The third-order valence-corrected chi connectivity index (χ3v) is 3.16. The molecule has 0 saturated heterocycles. The average Bonchev–Trinajstić information content (AvgIpc) is 2.34. The highest BCUT2D eigenvalue weighted by atomic mass is 19.1. The summed E-state index contributed by atoms with van der Waals surface area (Å²) in [6.07, 6.45) is 1.64. The van der Waals surface area contributed by atoms with E-state index in [9.17, 15) is 9.50 Å². The third-order valence-electron chi connectivity index (χ3n) is 3.16. The van der Waals surface area contributed by atoms with Gasteiger partial charge in [-0.25, -0.2) is 4.39 Å². The summed E-state index contributed by atoms with van der Waals surface area (Å²) >= 11 is 0. The van der Waals surface area contributed by atoms with Crippen LogP contribution in [0, 0.1) is 11.7 Å². The zero-order valence-corrected chi connectivity index (χ0v) is 10.6. The highest BCUT2D eigenvalue weighted by Crippen LogP contribution is 2.13. The van der Waals surface area contributed by atoms with Gasteiger partial charge in [-0.2, -0.15) is 0 Å². The van der Waals surface area contributed by atoms with Gasteiger partial charge in [0.25, 0.3) is 0 Å². The first-order valence-corrected chi connectivity index (χ1v) is 6.31. The van der Waals surface area contributed by atoms with Crippen molar-refractivity contribution in [3.05, 3.63) is 35.6 Å². The van der Waals surface area contributed by atoms with Crippen LogP contribution < -0.4 is 5.32 Å². The molecule has 96 valence electrons. The second-order valence-corrected chi connectivity index (χ2v) is 4.41. The van der Waals surface area contributed by atoms with E-state index in [4.69, 9.17) is 0 Å². The number of aliphatic hydroxyl groups excluding tert-OH is 1. The maximum Gasteiger partial charge on any atom is 0.123 e. The Bertz CT molecular complexity index is 326. The van der Waals surface area contributed by atoms with Crippen LogP contribution >= 0.6 is 0 Å². The topological polar surface area (TPSA) is 32.3 Å². The Hall–Kier alpha value is -0.930. The van der Waals surface area contributed by atoms with Crippen LogP contribution in [0.4, 0.5) is 4.39 Å². The smallest absolute Gasteiger partial charge is 0.123 e. The number of aliphatic hydroxyl groups is 1. The first-order chi connectivity index (χ1) is 8.17. The predicted molar refractivity (Wildman–Crippen MR) is 68.3 cm³/mol. The monoisotopic (exact) mass is 239 g/mol. The van der Waals surface area contributed by atoms with Crippen molar-refractivity contribution in [1.82, 2.24) is 5.32 Å². The van der Waals surface area contributed by atoms with Crippen molar-refractivity contribution < 1.29 is 9.50 Å². The highest BCUT2D eigenvalue weighted by molar-refractivity contribution is 5.18. The molecule has 0 aromatic heterocycles. The molecular formula is C14H22FNO. The second kappa shape index (κ2) is 7.41. The summed E-state index contributed by atoms with van der Waals surface area (Å²) in [5.41, 5.74) is 0.627. The number of halogens is 1. The van der Waals surface area contributed by atoms with Gasteiger partial charge in [-0.05, 0) is 30.2 Å². The van der Waals surface area contributed by atoms with Crippen LogP contribution in [0.25, 0.3) is 0 Å². The van der Waals surface area contributed by atoms with Gasteiger partial charge in [-0.1, -0.05) is 38.8 Å². The number of benzene rings is 1. The maximum absolute atomic E-state index is 13.0. The van der Waals surface area contributed by atoms with E-state index >= 15 is 0 Å². The van der Waals surface area contributed by atoms with Crippen LogP contribution in [-0.2, 0) is 0 Å². The normalized spacial score (nSPS) is 13.0. The Morgan fingerprint density at radius 1 is 1.24 bits per heavy atom. The van der Waals surface area contributed by atoms with Gasteiger partial charge in [0.05, 0.1) is 6.10 Å². The van der Waals surface area contributed by atoms with Crippen LogP contribution in [0.1, 0.15) is 38.4 Å². The minimum Gasteiger partial charge on any atom is -0.387 e. The average molecular weight is 239 g/mol. The third kappa shape index (κ3) is 4.84. The molecule has 0 fully saturated rings. The molecule has 1 aromatic rings. The number of rotatable bonds is 7. The van der Waals surface area contributed by atoms with Gasteiger partial charge >= 0.3 is 0 Å². The lowest BCUT2D eigenvalue weighted by molar-refractivity contribution is 0.172. The van der Waals surface area contributed by atoms with Crippen LogP contribution in [-0.4, -0.2) is 18.2 Å². The summed E-state index contributed by atoms with van der Waals surface area (Å²) < 4.78 is 13.0. The van der Waals surface area contributed by atoms with Crippen molar-refractivity contribution in [2.24, 2.45) is 5.92 Å². The first-order valence-electron chi connectivity index (χ1n) is 6.31. The van der Waals surface area contributed by atoms with Crippen molar-refractivity contribution >= 4 is 0 Å². The maximum atomic E-state index is 13.0. The predicted octanol–water partition coefficient (Wildman–Crippen LogP) is 2.88. The first kappa shape index (κ1) is 14.1. The van der Waals surface area contributed by atoms with Gasteiger partial charge in [0, 0.05) is 6.54 Å². The molecule has 0 aliphatic rings. The Morgan fingerprint density at radius 3 is 2.53 bits per heavy atom. The number of hydrogen-bond acceptors (Lipinski definition) is 2. The van der Waals surface area contributed by atoms with Crippen molar-refractivity contribution in [3.63, 3.8) is 0 Å². The summed E-state index contributed by atoms with van der Waals surface area (Å²) in [5.74, 6) is 0.344. The second-order valence-electron chi connectivity index (χ2n) is 4.41. The molecule has 1 rings (SSSR count). The van der Waals surface area contributed by atoms with E-state index in [0.29, 0.717) is 18.0 Å². The Morgan fingerprint density at radius 2 is 1.94 bits per heavy atom. The van der Waals surface area contributed by atoms with E-state index < -0.39 is 6.10 Å². The van der Waals surface area contributed by atoms with Crippen molar-refractivity contribution in [3.8, 4) is 0 Å². The lowest BCUT2D eigenvalue weighted by Crippen LogP contribution is -2.27. The summed E-state index contributed by atoms with van der Waals surface area (Å²) in [6.45, 7) is 5.71. The molecule has 1 aromatic carbocycles. The zero-order valence-electron chi connectivity index (χ0n) is 10.6. The SMILES string of the molecule is CCC(CC)CNCC(O)c1cccc(F)c1. The molecular weight excluding hydrogens is 217 g/mol. The summed E-state index contributed by atoms with van der Waals surface area (Å²) in [6, 6.07) is 6.12. The van der Waals surface area contributed by atoms with Crippen LogP contribution in [0.2, 0.25) is 0 Å². The number of nitrogens with one attached hydrogen (secondary N) is 1. The number of hydrogen-bond donors (Lipinski definition) is 2. The molecule has 2 nitrogen and oxygen atoms in total. The summed E-state index contributed by atoms with van der Waals surface area (Å²) in [7, 11) is 0. The van der Waals surface area contributed by atoms with Crippen molar-refractivity contribution in [2.45, 2.75) is 32.8 Å². The molecule has 2 N–H and O–H groups in total. The van der Waals surface area contributed by atoms with Gasteiger partial charge in [-0.3, -0.25) is 0 Å². The molecule has 0 aliphatic carbocycles.